The van der Waals surface area contributed by atoms with Crippen LogP contribution in [0.3, 0.4) is 0 Å². The summed E-state index contributed by atoms with van der Waals surface area (Å²) in [6, 6.07) is 2.69. The molecule has 0 atom stereocenters. The van der Waals surface area contributed by atoms with E-state index in [1.165, 1.54) is 0 Å². The predicted octanol–water partition coefficient (Wildman–Crippen LogP) is 1.38. The molecule has 0 heterocycles. The Morgan fingerprint density at radius 3 is 2.42 bits per heavy atom. The van der Waals surface area contributed by atoms with E-state index in [2.05, 4.69) is 0 Å². The van der Waals surface area contributed by atoms with E-state index in [1.807, 2.05) is 0 Å². The second-order valence-electron chi connectivity index (χ2n) is 3.64. The van der Waals surface area contributed by atoms with Gasteiger partial charge in [-0.3, -0.25) is 4.79 Å². The van der Waals surface area contributed by atoms with Crippen molar-refractivity contribution >= 4 is 16.0 Å². The Hall–Kier alpha value is -1.61. The minimum atomic E-state index is -4.68. The minimum Gasteiger partial charge on any atom is -0.480 e. The Morgan fingerprint density at radius 1 is 1.37 bits per heavy atom. The number of hydrogen-bond acceptors (Lipinski definition) is 3. The van der Waals surface area contributed by atoms with Crippen molar-refractivity contribution in [3.05, 3.63) is 29.3 Å². The number of carboxylic acid groups (broad SMARTS) is 1. The molecule has 0 radical (unpaired) electrons. The summed E-state index contributed by atoms with van der Waals surface area (Å²) in [5.74, 6) is -1.44. The van der Waals surface area contributed by atoms with Gasteiger partial charge in [-0.25, -0.2) is 8.42 Å². The molecule has 0 unspecified atom stereocenters. The molecule has 1 rings (SSSR count). The maximum Gasteiger partial charge on any atom is 0.416 e. The lowest BCUT2D eigenvalue weighted by Crippen LogP contribution is -2.30. The van der Waals surface area contributed by atoms with E-state index in [0.29, 0.717) is 0 Å². The summed E-state index contributed by atoms with van der Waals surface area (Å²) in [5, 5.41) is 8.37. The highest BCUT2D eigenvalue weighted by Gasteiger charge is 2.34. The molecule has 9 heteroatoms. The molecule has 0 saturated carbocycles. The molecule has 2 N–H and O–H groups in total. The van der Waals surface area contributed by atoms with Crippen LogP contribution in [0.25, 0.3) is 0 Å². The van der Waals surface area contributed by atoms with Gasteiger partial charge in [0.25, 0.3) is 0 Å². The average Bonchev–Trinajstić information content (AvgIpc) is 2.25. The molecule has 0 bridgehead atoms. The summed E-state index contributed by atoms with van der Waals surface area (Å²) >= 11 is 0. The summed E-state index contributed by atoms with van der Waals surface area (Å²) in [6.45, 7) is 0.107. The Bertz CT molecular complexity index is 595. The van der Waals surface area contributed by atoms with Gasteiger partial charge >= 0.3 is 12.1 Å². The highest BCUT2D eigenvalue weighted by molar-refractivity contribution is 7.89. The van der Waals surface area contributed by atoms with Crippen molar-refractivity contribution in [1.82, 2.24) is 4.72 Å². The fourth-order valence-corrected chi connectivity index (χ4v) is 2.69. The van der Waals surface area contributed by atoms with Crippen LogP contribution in [0.1, 0.15) is 11.1 Å². The number of benzene rings is 1. The van der Waals surface area contributed by atoms with Gasteiger partial charge in [0.15, 0.2) is 0 Å². The van der Waals surface area contributed by atoms with Crippen molar-refractivity contribution in [1.29, 1.82) is 0 Å². The van der Waals surface area contributed by atoms with E-state index in [4.69, 9.17) is 5.11 Å². The first-order chi connectivity index (χ1) is 8.55. The lowest BCUT2D eigenvalue weighted by atomic mass is 10.1. The first-order valence-electron chi connectivity index (χ1n) is 4.94. The van der Waals surface area contributed by atoms with Crippen molar-refractivity contribution in [2.75, 3.05) is 6.54 Å². The predicted molar refractivity (Wildman–Crippen MR) is 59.0 cm³/mol. The van der Waals surface area contributed by atoms with Crippen LogP contribution >= 0.6 is 0 Å². The molecule has 0 aliphatic carbocycles. The van der Waals surface area contributed by atoms with Gasteiger partial charge in [0, 0.05) is 0 Å². The third-order valence-electron chi connectivity index (χ3n) is 2.29. The summed E-state index contributed by atoms with van der Waals surface area (Å²) in [7, 11) is -4.30. The van der Waals surface area contributed by atoms with Crippen LogP contribution in [0.5, 0.6) is 0 Å². The van der Waals surface area contributed by atoms with Crippen LogP contribution in [-0.4, -0.2) is 26.0 Å². The molecule has 106 valence electrons. The molecule has 0 aliphatic rings. The maximum absolute atomic E-state index is 12.6. The lowest BCUT2D eigenvalue weighted by molar-refractivity contribution is -0.138. The monoisotopic (exact) mass is 297 g/mol. The molecular formula is C10H10F3NO4S. The molecule has 0 spiro atoms. The zero-order chi connectivity index (χ0) is 14.8. The molecule has 0 aromatic heterocycles. The van der Waals surface area contributed by atoms with E-state index < -0.39 is 44.7 Å². The minimum absolute atomic E-state index is 0.479. The Labute approximate surface area is 107 Å². The zero-order valence-electron chi connectivity index (χ0n) is 9.65. The fourth-order valence-electron chi connectivity index (χ4n) is 1.45. The van der Waals surface area contributed by atoms with E-state index in [9.17, 15) is 26.4 Å². The van der Waals surface area contributed by atoms with Gasteiger partial charge in [0.1, 0.15) is 6.54 Å². The van der Waals surface area contributed by atoms with Crippen molar-refractivity contribution in [2.45, 2.75) is 18.0 Å². The molecular weight excluding hydrogens is 287 g/mol. The lowest BCUT2D eigenvalue weighted by Gasteiger charge is -2.14. The standard InChI is InChI=1S/C10H10F3NO4S/c1-6-7(10(11,12)13)3-2-4-8(6)19(17,18)14-5-9(15)16/h2-4,14H,5H2,1H3,(H,15,16). The summed E-state index contributed by atoms with van der Waals surface area (Å²) in [4.78, 5) is 9.69. The van der Waals surface area contributed by atoms with Gasteiger partial charge in [-0.15, -0.1) is 0 Å². The third-order valence-corrected chi connectivity index (χ3v) is 3.84. The Morgan fingerprint density at radius 2 is 1.95 bits per heavy atom. The normalized spacial score (nSPS) is 12.4. The third kappa shape index (κ3) is 3.67. The average molecular weight is 297 g/mol. The van der Waals surface area contributed by atoms with Gasteiger partial charge in [-0.2, -0.15) is 17.9 Å². The number of hydrogen-bond donors (Lipinski definition) is 2. The van der Waals surface area contributed by atoms with Gasteiger partial charge in [0.05, 0.1) is 10.5 Å². The fraction of sp³-hybridized carbons (Fsp3) is 0.300. The molecule has 0 aliphatic heterocycles. The first kappa shape index (κ1) is 15.4. The highest BCUT2D eigenvalue weighted by atomic mass is 32.2. The molecule has 1 aromatic rings. The second kappa shape index (κ2) is 5.17. The molecule has 0 saturated heterocycles. The molecule has 1 aromatic carbocycles. The molecule has 19 heavy (non-hydrogen) atoms. The van der Waals surface area contributed by atoms with Crippen LogP contribution in [0.4, 0.5) is 13.2 Å². The number of halogens is 3. The number of carboxylic acids is 1. The largest absolute Gasteiger partial charge is 0.480 e. The Kier molecular flexibility index (Phi) is 4.21. The molecule has 5 nitrogen and oxygen atoms in total. The molecule has 0 fully saturated rings. The Balaban J connectivity index is 3.26. The van der Waals surface area contributed by atoms with E-state index in [1.54, 1.807) is 4.72 Å². The number of sulfonamides is 1. The van der Waals surface area contributed by atoms with Crippen molar-refractivity contribution in [3.63, 3.8) is 0 Å². The van der Waals surface area contributed by atoms with Crippen molar-refractivity contribution in [2.24, 2.45) is 0 Å². The van der Waals surface area contributed by atoms with E-state index in [0.717, 1.165) is 25.1 Å². The van der Waals surface area contributed by atoms with Crippen LogP contribution in [0.15, 0.2) is 23.1 Å². The smallest absolute Gasteiger partial charge is 0.416 e. The zero-order valence-corrected chi connectivity index (χ0v) is 10.5. The number of carbonyl (C=O) groups is 1. The van der Waals surface area contributed by atoms with Crippen LogP contribution in [0.2, 0.25) is 0 Å². The van der Waals surface area contributed by atoms with Gasteiger partial charge < -0.3 is 5.11 Å². The summed E-state index contributed by atoms with van der Waals surface area (Å²) < 4.78 is 63.0. The number of alkyl halides is 3. The maximum atomic E-state index is 12.6. The summed E-state index contributed by atoms with van der Waals surface area (Å²) in [6.07, 6.45) is -4.68. The van der Waals surface area contributed by atoms with Gasteiger partial charge in [-0.05, 0) is 24.6 Å². The second-order valence-corrected chi connectivity index (χ2v) is 5.38. The van der Waals surface area contributed by atoms with Crippen LogP contribution in [-0.2, 0) is 21.0 Å². The first-order valence-corrected chi connectivity index (χ1v) is 6.42. The quantitative estimate of drug-likeness (QED) is 0.879. The van der Waals surface area contributed by atoms with Gasteiger partial charge in [0.2, 0.25) is 10.0 Å². The number of nitrogens with one attached hydrogen (secondary N) is 1. The SMILES string of the molecule is Cc1c(C(F)(F)F)cccc1S(=O)(=O)NCC(=O)O. The topological polar surface area (TPSA) is 83.5 Å². The van der Waals surface area contributed by atoms with E-state index in [-0.39, 0.29) is 0 Å². The van der Waals surface area contributed by atoms with Crippen molar-refractivity contribution in [3.8, 4) is 0 Å². The molecule has 0 amide bonds. The number of rotatable bonds is 4. The van der Waals surface area contributed by atoms with Crippen LogP contribution in [0, 0.1) is 6.92 Å². The van der Waals surface area contributed by atoms with Crippen LogP contribution < -0.4 is 4.72 Å². The summed E-state index contributed by atoms with van der Waals surface area (Å²) in [5.41, 5.74) is -1.56. The van der Waals surface area contributed by atoms with Gasteiger partial charge in [-0.1, -0.05) is 6.07 Å². The highest BCUT2D eigenvalue weighted by Crippen LogP contribution is 2.33. The number of aliphatic carboxylic acids is 1. The van der Waals surface area contributed by atoms with E-state index >= 15 is 0 Å². The van der Waals surface area contributed by atoms with Crippen molar-refractivity contribution < 1.29 is 31.5 Å².